The van der Waals surface area contributed by atoms with Crippen LogP contribution in [-0.4, -0.2) is 35.5 Å². The number of nitrogens with zero attached hydrogens (tertiary/aromatic N) is 1. The maximum atomic E-state index is 12.9. The quantitative estimate of drug-likeness (QED) is 0.855. The van der Waals surface area contributed by atoms with E-state index in [0.29, 0.717) is 32.6 Å². The summed E-state index contributed by atoms with van der Waals surface area (Å²) in [5.41, 5.74) is 0.102. The van der Waals surface area contributed by atoms with Gasteiger partial charge in [-0.1, -0.05) is 6.92 Å². The van der Waals surface area contributed by atoms with Gasteiger partial charge in [0.05, 0.1) is 17.5 Å². The Morgan fingerprint density at radius 1 is 1.47 bits per heavy atom. The van der Waals surface area contributed by atoms with Gasteiger partial charge in [-0.05, 0) is 18.6 Å². The van der Waals surface area contributed by atoms with Crippen molar-refractivity contribution in [1.29, 1.82) is 0 Å². The minimum Gasteiger partial charge on any atom is -0.388 e. The van der Waals surface area contributed by atoms with Gasteiger partial charge in [-0.15, -0.1) is 0 Å². The second-order valence-corrected chi connectivity index (χ2v) is 5.08. The Morgan fingerprint density at radius 3 is 2.79 bits per heavy atom. The molecular formula is C14H21FN2O2. The number of rotatable bonds is 5. The zero-order chi connectivity index (χ0) is 13.7. The fraction of sp³-hybridized carbons (Fsp3) is 0.643. The van der Waals surface area contributed by atoms with Gasteiger partial charge >= 0.3 is 0 Å². The van der Waals surface area contributed by atoms with Crippen LogP contribution >= 0.6 is 0 Å². The van der Waals surface area contributed by atoms with Crippen molar-refractivity contribution in [3.63, 3.8) is 0 Å². The number of hydrogen-bond acceptors (Lipinski definition) is 4. The van der Waals surface area contributed by atoms with Crippen LogP contribution in [0.15, 0.2) is 18.3 Å². The van der Waals surface area contributed by atoms with Crippen molar-refractivity contribution in [2.45, 2.75) is 37.8 Å². The molecule has 0 radical (unpaired) electrons. The smallest absolute Gasteiger partial charge is 0.141 e. The maximum Gasteiger partial charge on any atom is 0.141 e. The predicted octanol–water partition coefficient (Wildman–Crippen LogP) is 1.80. The minimum atomic E-state index is -0.703. The van der Waals surface area contributed by atoms with Crippen LogP contribution in [0.5, 0.6) is 0 Å². The number of nitrogens with one attached hydrogen (secondary N) is 1. The summed E-state index contributed by atoms with van der Waals surface area (Å²) in [6.07, 6.45) is 3.36. The van der Waals surface area contributed by atoms with E-state index >= 15 is 0 Å². The molecule has 1 fully saturated rings. The zero-order valence-electron chi connectivity index (χ0n) is 11.2. The number of ether oxygens (including phenoxy) is 1. The monoisotopic (exact) mass is 268 g/mol. The molecule has 0 aliphatic carbocycles. The molecule has 106 valence electrons. The van der Waals surface area contributed by atoms with Gasteiger partial charge < -0.3 is 15.2 Å². The van der Waals surface area contributed by atoms with Crippen molar-refractivity contribution in [3.05, 3.63) is 29.8 Å². The van der Waals surface area contributed by atoms with Crippen molar-refractivity contribution in [3.8, 4) is 0 Å². The van der Waals surface area contributed by atoms with E-state index in [2.05, 4.69) is 10.3 Å². The highest BCUT2D eigenvalue weighted by Gasteiger charge is 2.30. The first-order valence-electron chi connectivity index (χ1n) is 6.78. The summed E-state index contributed by atoms with van der Waals surface area (Å²) < 4.78 is 18.1. The maximum absolute atomic E-state index is 12.9. The van der Waals surface area contributed by atoms with E-state index in [1.54, 1.807) is 6.07 Å². The molecule has 19 heavy (non-hydrogen) atoms. The summed E-state index contributed by atoms with van der Waals surface area (Å²) in [5.74, 6) is -0.332. The lowest BCUT2D eigenvalue weighted by molar-refractivity contribution is -0.0629. The standard InChI is InChI=1S/C14H21FN2O2/c1-2-12(13-4-3-11(15)9-16-13)17-10-14(18)5-7-19-8-6-14/h3-4,9,12,17-18H,2,5-8,10H2,1H3. The first kappa shape index (κ1) is 14.4. The predicted molar refractivity (Wildman–Crippen MR) is 70.2 cm³/mol. The lowest BCUT2D eigenvalue weighted by atomic mass is 9.94. The second-order valence-electron chi connectivity index (χ2n) is 5.08. The summed E-state index contributed by atoms with van der Waals surface area (Å²) in [6.45, 7) is 3.75. The van der Waals surface area contributed by atoms with Crippen LogP contribution in [0.4, 0.5) is 4.39 Å². The molecule has 5 heteroatoms. The molecule has 0 amide bonds. The number of aromatic nitrogens is 1. The van der Waals surface area contributed by atoms with Gasteiger partial charge in [-0.25, -0.2) is 4.39 Å². The van der Waals surface area contributed by atoms with Crippen molar-refractivity contribution < 1.29 is 14.2 Å². The van der Waals surface area contributed by atoms with Crippen molar-refractivity contribution >= 4 is 0 Å². The SMILES string of the molecule is CCC(NCC1(O)CCOCC1)c1ccc(F)cn1. The molecule has 1 atom stereocenters. The third kappa shape index (κ3) is 3.96. The Kier molecular flexibility index (Phi) is 4.85. The first-order chi connectivity index (χ1) is 9.13. The van der Waals surface area contributed by atoms with Gasteiger partial charge in [0.1, 0.15) is 5.82 Å². The van der Waals surface area contributed by atoms with Crippen LogP contribution in [0.25, 0.3) is 0 Å². The normalized spacial score (nSPS) is 20.2. The van der Waals surface area contributed by atoms with Gasteiger partial charge in [0, 0.05) is 38.6 Å². The van der Waals surface area contributed by atoms with Gasteiger partial charge in [0.25, 0.3) is 0 Å². The van der Waals surface area contributed by atoms with E-state index in [4.69, 9.17) is 4.74 Å². The van der Waals surface area contributed by atoms with Gasteiger partial charge in [-0.3, -0.25) is 4.98 Å². The Balaban J connectivity index is 1.93. The third-order valence-corrected chi connectivity index (χ3v) is 3.62. The fourth-order valence-electron chi connectivity index (χ4n) is 2.29. The highest BCUT2D eigenvalue weighted by Crippen LogP contribution is 2.22. The number of pyridine rings is 1. The van der Waals surface area contributed by atoms with Crippen molar-refractivity contribution in [2.75, 3.05) is 19.8 Å². The Morgan fingerprint density at radius 2 is 2.21 bits per heavy atom. The molecule has 1 aliphatic heterocycles. The number of hydrogen-bond donors (Lipinski definition) is 2. The molecule has 0 saturated carbocycles. The second kappa shape index (κ2) is 6.41. The molecule has 1 aromatic rings. The molecule has 1 aromatic heterocycles. The van der Waals surface area contributed by atoms with E-state index in [9.17, 15) is 9.50 Å². The lowest BCUT2D eigenvalue weighted by Gasteiger charge is -2.33. The largest absolute Gasteiger partial charge is 0.388 e. The Hall–Kier alpha value is -1.04. The Labute approximate surface area is 113 Å². The van der Waals surface area contributed by atoms with E-state index in [1.165, 1.54) is 12.3 Å². The van der Waals surface area contributed by atoms with Crippen LogP contribution < -0.4 is 5.32 Å². The van der Waals surface area contributed by atoms with Crippen LogP contribution in [-0.2, 0) is 4.74 Å². The molecule has 2 rings (SSSR count). The van der Waals surface area contributed by atoms with E-state index < -0.39 is 5.60 Å². The average Bonchev–Trinajstić information content (AvgIpc) is 2.42. The Bertz CT molecular complexity index is 391. The highest BCUT2D eigenvalue weighted by atomic mass is 19.1. The molecule has 2 N–H and O–H groups in total. The summed E-state index contributed by atoms with van der Waals surface area (Å²) in [4.78, 5) is 4.09. The molecular weight excluding hydrogens is 247 g/mol. The van der Waals surface area contributed by atoms with Crippen LogP contribution in [0.2, 0.25) is 0 Å². The lowest BCUT2D eigenvalue weighted by Crippen LogP contribution is -2.45. The molecule has 0 spiro atoms. The van der Waals surface area contributed by atoms with Gasteiger partial charge in [0.15, 0.2) is 0 Å². The average molecular weight is 268 g/mol. The van der Waals surface area contributed by atoms with Crippen LogP contribution in [0.1, 0.15) is 37.9 Å². The topological polar surface area (TPSA) is 54.4 Å². The van der Waals surface area contributed by atoms with Crippen molar-refractivity contribution in [2.24, 2.45) is 0 Å². The van der Waals surface area contributed by atoms with Gasteiger partial charge in [0.2, 0.25) is 0 Å². The van der Waals surface area contributed by atoms with Crippen LogP contribution in [0.3, 0.4) is 0 Å². The summed E-state index contributed by atoms with van der Waals surface area (Å²) in [7, 11) is 0. The summed E-state index contributed by atoms with van der Waals surface area (Å²) in [5, 5.41) is 13.7. The zero-order valence-corrected chi connectivity index (χ0v) is 11.2. The minimum absolute atomic E-state index is 0.0347. The van der Waals surface area contributed by atoms with Crippen molar-refractivity contribution in [1.82, 2.24) is 10.3 Å². The summed E-state index contributed by atoms with van der Waals surface area (Å²) >= 11 is 0. The molecule has 0 bridgehead atoms. The molecule has 1 saturated heterocycles. The molecule has 1 unspecified atom stereocenters. The molecule has 4 nitrogen and oxygen atoms in total. The fourth-order valence-corrected chi connectivity index (χ4v) is 2.29. The molecule has 2 heterocycles. The van der Waals surface area contributed by atoms with E-state index in [-0.39, 0.29) is 11.9 Å². The molecule has 0 aromatic carbocycles. The van der Waals surface area contributed by atoms with E-state index in [0.717, 1.165) is 12.1 Å². The molecule has 1 aliphatic rings. The summed E-state index contributed by atoms with van der Waals surface area (Å²) in [6, 6.07) is 3.13. The van der Waals surface area contributed by atoms with Gasteiger partial charge in [-0.2, -0.15) is 0 Å². The van der Waals surface area contributed by atoms with Crippen LogP contribution in [0, 0.1) is 5.82 Å². The third-order valence-electron chi connectivity index (χ3n) is 3.62. The number of aliphatic hydroxyl groups is 1. The highest BCUT2D eigenvalue weighted by molar-refractivity contribution is 5.10. The number of halogens is 1. The van der Waals surface area contributed by atoms with E-state index in [1.807, 2.05) is 6.92 Å². The first-order valence-corrected chi connectivity index (χ1v) is 6.78.